The Hall–Kier alpha value is -3.50. The van der Waals surface area contributed by atoms with Crippen LogP contribution >= 0.6 is 0 Å². The van der Waals surface area contributed by atoms with Gasteiger partial charge in [-0.15, -0.1) is 0 Å². The Morgan fingerprint density at radius 1 is 1.28 bits per heavy atom. The minimum atomic E-state index is -0.495. The first-order valence-electron chi connectivity index (χ1n) is 10.8. The fourth-order valence-corrected chi connectivity index (χ4v) is 3.99. The summed E-state index contributed by atoms with van der Waals surface area (Å²) in [5, 5.41) is 13.5. The third-order valence-electron chi connectivity index (χ3n) is 5.49. The Morgan fingerprint density at radius 2 is 2.06 bits per heavy atom. The van der Waals surface area contributed by atoms with Gasteiger partial charge in [0.05, 0.1) is 29.0 Å². The van der Waals surface area contributed by atoms with Gasteiger partial charge in [0.25, 0.3) is 0 Å². The van der Waals surface area contributed by atoms with E-state index in [1.54, 1.807) is 26.0 Å². The van der Waals surface area contributed by atoms with E-state index >= 15 is 0 Å². The molecule has 1 aliphatic heterocycles. The van der Waals surface area contributed by atoms with E-state index in [0.717, 1.165) is 47.4 Å². The molecular weight excluding hydrogens is 406 g/mol. The topological polar surface area (TPSA) is 85.5 Å². The van der Waals surface area contributed by atoms with Gasteiger partial charge in [0, 0.05) is 30.8 Å². The van der Waals surface area contributed by atoms with Crippen molar-refractivity contribution < 1.29 is 19.0 Å². The van der Waals surface area contributed by atoms with Crippen LogP contribution in [0.3, 0.4) is 0 Å². The Labute approximate surface area is 187 Å². The summed E-state index contributed by atoms with van der Waals surface area (Å²) in [4.78, 5) is 11.8. The van der Waals surface area contributed by atoms with Gasteiger partial charge in [-0.25, -0.2) is 4.79 Å². The van der Waals surface area contributed by atoms with E-state index in [2.05, 4.69) is 11.4 Å². The lowest BCUT2D eigenvalue weighted by Gasteiger charge is -2.12. The molecule has 166 valence electrons. The molecule has 0 spiro atoms. The van der Waals surface area contributed by atoms with Crippen LogP contribution in [0.4, 0.5) is 10.5 Å². The molecule has 0 bridgehead atoms. The lowest BCUT2D eigenvalue weighted by atomic mass is 10.1. The largest absolute Gasteiger partial charge is 0.491 e. The number of rotatable bonds is 6. The minimum Gasteiger partial charge on any atom is -0.491 e. The molecule has 1 aromatic heterocycles. The van der Waals surface area contributed by atoms with Gasteiger partial charge in [-0.05, 0) is 56.5 Å². The fraction of sp³-hybridized carbons (Fsp3) is 0.360. The van der Waals surface area contributed by atoms with E-state index < -0.39 is 6.09 Å². The van der Waals surface area contributed by atoms with Gasteiger partial charge in [0.1, 0.15) is 18.4 Å². The molecule has 1 atom stereocenters. The number of anilines is 1. The van der Waals surface area contributed by atoms with Crippen LogP contribution in [0.2, 0.25) is 0 Å². The molecule has 1 N–H and O–H groups in total. The smallest absolute Gasteiger partial charge is 0.411 e. The number of nitriles is 1. The summed E-state index contributed by atoms with van der Waals surface area (Å²) < 4.78 is 18.7. The Bertz CT molecular complexity index is 1150. The summed E-state index contributed by atoms with van der Waals surface area (Å²) in [6.07, 6.45) is 1.56. The molecule has 1 saturated heterocycles. The molecule has 0 saturated carbocycles. The summed E-state index contributed by atoms with van der Waals surface area (Å²) in [6, 6.07) is 15.5. The van der Waals surface area contributed by atoms with E-state index in [9.17, 15) is 10.1 Å². The van der Waals surface area contributed by atoms with Crippen molar-refractivity contribution in [3.8, 4) is 23.1 Å². The number of carbonyl (C=O) groups is 1. The van der Waals surface area contributed by atoms with Crippen LogP contribution in [0.1, 0.15) is 32.3 Å². The van der Waals surface area contributed by atoms with Crippen molar-refractivity contribution in [3.63, 3.8) is 0 Å². The van der Waals surface area contributed by atoms with E-state index in [4.69, 9.17) is 14.2 Å². The monoisotopic (exact) mass is 433 g/mol. The zero-order valence-electron chi connectivity index (χ0n) is 18.6. The summed E-state index contributed by atoms with van der Waals surface area (Å²) in [7, 11) is 1.94. The lowest BCUT2D eigenvalue weighted by molar-refractivity contribution is 0.0680. The number of benzene rings is 2. The summed E-state index contributed by atoms with van der Waals surface area (Å²) >= 11 is 0. The second-order valence-corrected chi connectivity index (χ2v) is 8.18. The zero-order chi connectivity index (χ0) is 22.7. The van der Waals surface area contributed by atoms with Crippen LogP contribution in [-0.2, 0) is 16.5 Å². The molecule has 1 unspecified atom stereocenters. The first-order valence-corrected chi connectivity index (χ1v) is 10.8. The molecule has 1 aliphatic rings. The second kappa shape index (κ2) is 9.33. The molecule has 4 rings (SSSR count). The summed E-state index contributed by atoms with van der Waals surface area (Å²) in [6.45, 7) is 4.92. The molecule has 0 radical (unpaired) electrons. The summed E-state index contributed by atoms with van der Waals surface area (Å²) in [5.74, 6) is 0.757. The quantitative estimate of drug-likeness (QED) is 0.575. The molecule has 2 heterocycles. The molecule has 7 nitrogen and oxygen atoms in total. The number of aryl methyl sites for hydroxylation is 1. The highest BCUT2D eigenvalue weighted by Gasteiger charge is 2.19. The first kappa shape index (κ1) is 21.7. The van der Waals surface area contributed by atoms with Gasteiger partial charge < -0.3 is 18.8 Å². The number of hydrogen-bond donors (Lipinski definition) is 1. The number of carbonyl (C=O) groups excluding carboxylic acids is 1. The fourth-order valence-electron chi connectivity index (χ4n) is 3.99. The molecule has 1 amide bonds. The van der Waals surface area contributed by atoms with Crippen LogP contribution in [-0.4, -0.2) is 36.1 Å². The zero-order valence-corrected chi connectivity index (χ0v) is 18.6. The van der Waals surface area contributed by atoms with Crippen molar-refractivity contribution in [1.29, 1.82) is 5.26 Å². The van der Waals surface area contributed by atoms with Gasteiger partial charge in [-0.3, -0.25) is 5.32 Å². The standard InChI is InChI=1S/C25H27N3O4/c1-16(2)32-25(29)27-18-8-6-17(7-9-18)24-22(14-26)21-11-10-19(13-23(21)28(24)3)31-15-20-5-4-12-30-20/h6-11,13,16,20H,4-5,12,15H2,1-3H3,(H,27,29). The van der Waals surface area contributed by atoms with Crippen molar-refractivity contribution in [2.24, 2.45) is 7.05 Å². The third kappa shape index (κ3) is 4.56. The van der Waals surface area contributed by atoms with Crippen LogP contribution in [0, 0.1) is 11.3 Å². The van der Waals surface area contributed by atoms with E-state index in [1.807, 2.05) is 41.9 Å². The summed E-state index contributed by atoms with van der Waals surface area (Å²) in [5.41, 5.74) is 3.85. The van der Waals surface area contributed by atoms with Crippen molar-refractivity contribution in [3.05, 3.63) is 48.0 Å². The average molecular weight is 434 g/mol. The number of ether oxygens (including phenoxy) is 3. The van der Waals surface area contributed by atoms with Gasteiger partial charge in [-0.2, -0.15) is 5.26 Å². The average Bonchev–Trinajstić information content (AvgIpc) is 3.38. The number of fused-ring (bicyclic) bond motifs is 1. The third-order valence-corrected chi connectivity index (χ3v) is 5.49. The minimum absolute atomic E-state index is 0.147. The molecule has 32 heavy (non-hydrogen) atoms. The van der Waals surface area contributed by atoms with Crippen molar-refractivity contribution in [2.75, 3.05) is 18.5 Å². The van der Waals surface area contributed by atoms with Gasteiger partial charge in [0.2, 0.25) is 0 Å². The second-order valence-electron chi connectivity index (χ2n) is 8.18. The van der Waals surface area contributed by atoms with Gasteiger partial charge in [-0.1, -0.05) is 12.1 Å². The molecular formula is C25H27N3O4. The van der Waals surface area contributed by atoms with Crippen LogP contribution < -0.4 is 10.1 Å². The van der Waals surface area contributed by atoms with Crippen LogP contribution in [0.25, 0.3) is 22.2 Å². The molecule has 0 aliphatic carbocycles. The van der Waals surface area contributed by atoms with Crippen LogP contribution in [0.5, 0.6) is 5.75 Å². The number of hydrogen-bond acceptors (Lipinski definition) is 5. The maximum atomic E-state index is 11.8. The van der Waals surface area contributed by atoms with E-state index in [1.165, 1.54) is 0 Å². The highest BCUT2D eigenvalue weighted by molar-refractivity contribution is 5.95. The number of aromatic nitrogens is 1. The SMILES string of the molecule is CC(C)OC(=O)Nc1ccc(-c2c(C#N)c3ccc(OCC4CCCO4)cc3n2C)cc1. The number of amides is 1. The maximum absolute atomic E-state index is 11.8. The van der Waals surface area contributed by atoms with Crippen molar-refractivity contribution in [1.82, 2.24) is 4.57 Å². The Kier molecular flexibility index (Phi) is 6.33. The van der Waals surface area contributed by atoms with Gasteiger partial charge in [0.15, 0.2) is 0 Å². The number of nitrogens with one attached hydrogen (secondary N) is 1. The molecule has 3 aromatic rings. The highest BCUT2D eigenvalue weighted by Crippen LogP contribution is 2.35. The van der Waals surface area contributed by atoms with E-state index in [0.29, 0.717) is 17.9 Å². The number of nitrogens with zero attached hydrogens (tertiary/aromatic N) is 2. The molecule has 7 heteroatoms. The van der Waals surface area contributed by atoms with Crippen molar-refractivity contribution in [2.45, 2.75) is 38.9 Å². The predicted molar refractivity (Wildman–Crippen MR) is 123 cm³/mol. The Balaban J connectivity index is 1.59. The Morgan fingerprint density at radius 3 is 2.72 bits per heavy atom. The maximum Gasteiger partial charge on any atom is 0.411 e. The normalized spacial score (nSPS) is 15.7. The van der Waals surface area contributed by atoms with Crippen LogP contribution in [0.15, 0.2) is 42.5 Å². The van der Waals surface area contributed by atoms with E-state index in [-0.39, 0.29) is 12.2 Å². The lowest BCUT2D eigenvalue weighted by Crippen LogP contribution is -2.17. The molecule has 1 fully saturated rings. The predicted octanol–water partition coefficient (Wildman–Crippen LogP) is 5.23. The first-order chi connectivity index (χ1) is 15.5. The van der Waals surface area contributed by atoms with Gasteiger partial charge >= 0.3 is 6.09 Å². The van der Waals surface area contributed by atoms with Crippen molar-refractivity contribution >= 4 is 22.7 Å². The highest BCUT2D eigenvalue weighted by atomic mass is 16.6. The molecule has 2 aromatic carbocycles.